The van der Waals surface area contributed by atoms with E-state index in [0.29, 0.717) is 13.1 Å². The van der Waals surface area contributed by atoms with Crippen LogP contribution in [0.2, 0.25) is 0 Å². The number of hydrogen-bond acceptors (Lipinski definition) is 3. The second-order valence-corrected chi connectivity index (χ2v) is 6.16. The molecule has 0 aromatic heterocycles. The highest BCUT2D eigenvalue weighted by atomic mass is 32.2. The minimum Gasteiger partial charge on any atom is -0.465 e. The van der Waals surface area contributed by atoms with Crippen LogP contribution in [-0.2, 0) is 9.84 Å². The van der Waals surface area contributed by atoms with E-state index in [1.54, 1.807) is 6.92 Å². The Labute approximate surface area is 77.3 Å². The second kappa shape index (κ2) is 2.87. The molecule has 0 atom stereocenters. The minimum absolute atomic E-state index is 0.0593. The van der Waals surface area contributed by atoms with Crippen LogP contribution >= 0.6 is 0 Å². The molecule has 0 unspecified atom stereocenters. The Morgan fingerprint density at radius 1 is 1.54 bits per heavy atom. The number of carbonyl (C=O) groups is 1. The van der Waals surface area contributed by atoms with E-state index in [4.69, 9.17) is 5.11 Å². The lowest BCUT2D eigenvalue weighted by molar-refractivity contribution is 0.0372. The molecule has 1 aliphatic heterocycles. The Kier molecular flexibility index (Phi) is 2.27. The van der Waals surface area contributed by atoms with E-state index >= 15 is 0 Å². The largest absolute Gasteiger partial charge is 0.465 e. The summed E-state index contributed by atoms with van der Waals surface area (Å²) in [5.74, 6) is 0.0593. The molecule has 0 bridgehead atoms. The molecular weight excluding hydrogens is 194 g/mol. The van der Waals surface area contributed by atoms with E-state index < -0.39 is 15.9 Å². The van der Waals surface area contributed by atoms with Crippen LogP contribution in [0.15, 0.2) is 0 Å². The molecule has 0 aromatic rings. The van der Waals surface area contributed by atoms with Gasteiger partial charge >= 0.3 is 6.09 Å². The quantitative estimate of drug-likeness (QED) is 0.693. The van der Waals surface area contributed by atoms with Crippen LogP contribution in [0.25, 0.3) is 0 Å². The normalized spacial score (nSPS) is 20.9. The fourth-order valence-corrected chi connectivity index (χ4v) is 3.18. The van der Waals surface area contributed by atoms with Gasteiger partial charge in [0, 0.05) is 24.8 Å². The summed E-state index contributed by atoms with van der Waals surface area (Å²) in [7, 11) is -3.01. The first-order valence-electron chi connectivity index (χ1n) is 3.87. The molecule has 0 aromatic carbocycles. The summed E-state index contributed by atoms with van der Waals surface area (Å²) in [6.07, 6.45) is 0.188. The second-order valence-electron chi connectivity index (χ2n) is 4.02. The van der Waals surface area contributed by atoms with Crippen molar-refractivity contribution >= 4 is 15.9 Å². The summed E-state index contributed by atoms with van der Waals surface area (Å²) in [4.78, 5) is 11.6. The first-order valence-corrected chi connectivity index (χ1v) is 5.94. The number of likely N-dealkylation sites (tertiary alicyclic amines) is 1. The maximum atomic E-state index is 11.0. The highest BCUT2D eigenvalue weighted by Gasteiger charge is 2.43. The van der Waals surface area contributed by atoms with Gasteiger partial charge in [-0.25, -0.2) is 13.2 Å². The van der Waals surface area contributed by atoms with Gasteiger partial charge < -0.3 is 10.0 Å². The van der Waals surface area contributed by atoms with Crippen LogP contribution in [-0.4, -0.2) is 49.6 Å². The molecule has 13 heavy (non-hydrogen) atoms. The Balaban J connectivity index is 2.52. The number of amides is 1. The van der Waals surface area contributed by atoms with Crippen molar-refractivity contribution in [2.45, 2.75) is 6.92 Å². The average Bonchev–Trinajstić information content (AvgIpc) is 1.77. The van der Waals surface area contributed by atoms with Crippen LogP contribution in [0.5, 0.6) is 0 Å². The van der Waals surface area contributed by atoms with Gasteiger partial charge in [-0.05, 0) is 0 Å². The molecule has 1 N–H and O–H groups in total. The van der Waals surface area contributed by atoms with Gasteiger partial charge in [0.05, 0.1) is 5.75 Å². The molecule has 0 saturated carbocycles. The Hall–Kier alpha value is -0.780. The SMILES string of the molecule is CC1(CS(C)(=O)=O)CN(C(=O)O)C1. The summed E-state index contributed by atoms with van der Waals surface area (Å²) in [5.41, 5.74) is -0.383. The van der Waals surface area contributed by atoms with E-state index in [2.05, 4.69) is 0 Å². The molecule has 0 radical (unpaired) electrons. The topological polar surface area (TPSA) is 74.7 Å². The van der Waals surface area contributed by atoms with Crippen LogP contribution in [0.3, 0.4) is 0 Å². The lowest BCUT2D eigenvalue weighted by atomic mass is 9.84. The highest BCUT2D eigenvalue weighted by molar-refractivity contribution is 7.90. The van der Waals surface area contributed by atoms with Gasteiger partial charge in [0.1, 0.15) is 9.84 Å². The molecular formula is C7H13NO4S. The van der Waals surface area contributed by atoms with E-state index in [0.717, 1.165) is 0 Å². The van der Waals surface area contributed by atoms with Crippen molar-refractivity contribution < 1.29 is 18.3 Å². The number of rotatable bonds is 2. The first-order chi connectivity index (χ1) is 5.72. The van der Waals surface area contributed by atoms with Crippen LogP contribution in [0.1, 0.15) is 6.92 Å². The van der Waals surface area contributed by atoms with Crippen molar-refractivity contribution in [3.8, 4) is 0 Å². The van der Waals surface area contributed by atoms with Gasteiger partial charge in [-0.3, -0.25) is 0 Å². The molecule has 0 aliphatic carbocycles. The summed E-state index contributed by atoms with van der Waals surface area (Å²) < 4.78 is 21.9. The zero-order valence-electron chi connectivity index (χ0n) is 7.65. The van der Waals surface area contributed by atoms with Crippen LogP contribution in [0.4, 0.5) is 4.79 Å². The third-order valence-corrected chi connectivity index (χ3v) is 3.25. The van der Waals surface area contributed by atoms with E-state index in [1.807, 2.05) is 0 Å². The standard InChI is InChI=1S/C7H13NO4S/c1-7(5-13(2,11)12)3-8(4-7)6(9)10/h3-5H2,1-2H3,(H,9,10). The van der Waals surface area contributed by atoms with Crippen molar-refractivity contribution in [1.82, 2.24) is 4.90 Å². The monoisotopic (exact) mass is 207 g/mol. The van der Waals surface area contributed by atoms with Crippen molar-refractivity contribution in [2.24, 2.45) is 5.41 Å². The third-order valence-electron chi connectivity index (χ3n) is 2.03. The van der Waals surface area contributed by atoms with Gasteiger partial charge in [0.2, 0.25) is 0 Å². The van der Waals surface area contributed by atoms with Crippen molar-refractivity contribution in [3.63, 3.8) is 0 Å². The first kappa shape index (κ1) is 10.3. The molecule has 1 amide bonds. The maximum absolute atomic E-state index is 11.0. The van der Waals surface area contributed by atoms with Crippen molar-refractivity contribution in [2.75, 3.05) is 25.1 Å². The zero-order valence-corrected chi connectivity index (χ0v) is 8.47. The number of nitrogens with zero attached hydrogens (tertiary/aromatic N) is 1. The minimum atomic E-state index is -3.01. The highest BCUT2D eigenvalue weighted by Crippen LogP contribution is 2.30. The van der Waals surface area contributed by atoms with E-state index in [1.165, 1.54) is 11.2 Å². The molecule has 6 heteroatoms. The van der Waals surface area contributed by atoms with Crippen molar-refractivity contribution in [3.05, 3.63) is 0 Å². The van der Waals surface area contributed by atoms with E-state index in [9.17, 15) is 13.2 Å². The molecule has 1 heterocycles. The zero-order chi connectivity index (χ0) is 10.3. The van der Waals surface area contributed by atoms with Crippen molar-refractivity contribution in [1.29, 1.82) is 0 Å². The van der Waals surface area contributed by atoms with Gasteiger partial charge in [-0.2, -0.15) is 0 Å². The maximum Gasteiger partial charge on any atom is 0.407 e. The smallest absolute Gasteiger partial charge is 0.407 e. The van der Waals surface area contributed by atoms with E-state index in [-0.39, 0.29) is 11.2 Å². The number of hydrogen-bond donors (Lipinski definition) is 1. The molecule has 1 saturated heterocycles. The Morgan fingerprint density at radius 2 is 2.00 bits per heavy atom. The lowest BCUT2D eigenvalue weighted by Crippen LogP contribution is -2.59. The Bertz CT molecular complexity index is 315. The van der Waals surface area contributed by atoms with Gasteiger partial charge in [0.25, 0.3) is 0 Å². The fourth-order valence-electron chi connectivity index (χ4n) is 1.73. The van der Waals surface area contributed by atoms with Gasteiger partial charge in [-0.15, -0.1) is 0 Å². The molecule has 1 rings (SSSR count). The third kappa shape index (κ3) is 2.58. The summed E-state index contributed by atoms with van der Waals surface area (Å²) in [6.45, 7) is 2.41. The average molecular weight is 207 g/mol. The predicted octanol–water partition coefficient (Wildman–Crippen LogP) is 0.0309. The number of carboxylic acid groups (broad SMARTS) is 1. The predicted molar refractivity (Wildman–Crippen MR) is 47.4 cm³/mol. The summed E-state index contributed by atoms with van der Waals surface area (Å²) >= 11 is 0. The van der Waals surface area contributed by atoms with Gasteiger partial charge in [-0.1, -0.05) is 6.92 Å². The molecule has 1 aliphatic rings. The van der Waals surface area contributed by atoms with Gasteiger partial charge in [0.15, 0.2) is 0 Å². The Morgan fingerprint density at radius 3 is 2.31 bits per heavy atom. The summed E-state index contributed by atoms with van der Waals surface area (Å²) in [6, 6.07) is 0. The molecule has 76 valence electrons. The fraction of sp³-hybridized carbons (Fsp3) is 0.857. The molecule has 5 nitrogen and oxygen atoms in total. The number of sulfone groups is 1. The molecule has 1 fully saturated rings. The summed E-state index contributed by atoms with van der Waals surface area (Å²) in [5, 5.41) is 8.54. The van der Waals surface area contributed by atoms with Crippen LogP contribution in [0, 0.1) is 5.41 Å². The lowest BCUT2D eigenvalue weighted by Gasteiger charge is -2.45. The molecule has 0 spiro atoms. The van der Waals surface area contributed by atoms with Crippen LogP contribution < -0.4 is 0 Å².